The van der Waals surface area contributed by atoms with Gasteiger partial charge in [0.15, 0.2) is 0 Å². The van der Waals surface area contributed by atoms with E-state index in [0.29, 0.717) is 0 Å². The minimum absolute atomic E-state index is 0.774. The van der Waals surface area contributed by atoms with E-state index >= 15 is 0 Å². The number of hydrogen-bond donors (Lipinski definition) is 0. The Hall–Kier alpha value is -0.890. The standard InChI is InChI=1S/C14H22N2/c1-12-5-7-14(8-6-12)16(2)11-13-4-3-9-15-10-13/h3-4,9-10,12,14H,5-8,11H2,1-2H3/t12-,14+. The Morgan fingerprint density at radius 2 is 2.06 bits per heavy atom. The molecule has 1 heterocycles. The number of nitrogens with zero attached hydrogens (tertiary/aromatic N) is 2. The van der Waals surface area contributed by atoms with Gasteiger partial charge < -0.3 is 0 Å². The monoisotopic (exact) mass is 218 g/mol. The summed E-state index contributed by atoms with van der Waals surface area (Å²) in [5, 5.41) is 0. The first-order chi connectivity index (χ1) is 7.75. The van der Waals surface area contributed by atoms with Crippen LogP contribution in [0, 0.1) is 5.92 Å². The molecule has 0 amide bonds. The summed E-state index contributed by atoms with van der Waals surface area (Å²) in [5.41, 5.74) is 1.32. The molecule has 88 valence electrons. The highest BCUT2D eigenvalue weighted by Gasteiger charge is 2.21. The van der Waals surface area contributed by atoms with Crippen LogP contribution in [-0.4, -0.2) is 23.0 Å². The van der Waals surface area contributed by atoms with Crippen molar-refractivity contribution in [3.63, 3.8) is 0 Å². The molecule has 0 unspecified atom stereocenters. The van der Waals surface area contributed by atoms with E-state index in [1.807, 2.05) is 18.5 Å². The molecule has 1 aromatic rings. The van der Waals surface area contributed by atoms with Gasteiger partial charge in [-0.05, 0) is 50.3 Å². The second-order valence-corrected chi connectivity index (χ2v) is 5.19. The second kappa shape index (κ2) is 5.44. The molecule has 0 spiro atoms. The number of pyridine rings is 1. The van der Waals surface area contributed by atoms with E-state index in [0.717, 1.165) is 18.5 Å². The molecule has 0 aromatic carbocycles. The van der Waals surface area contributed by atoms with Crippen molar-refractivity contribution in [2.24, 2.45) is 5.92 Å². The van der Waals surface area contributed by atoms with Crippen LogP contribution in [-0.2, 0) is 6.54 Å². The fourth-order valence-electron chi connectivity index (χ4n) is 2.59. The molecule has 2 rings (SSSR count). The quantitative estimate of drug-likeness (QED) is 0.775. The van der Waals surface area contributed by atoms with Gasteiger partial charge in [-0.3, -0.25) is 9.88 Å². The maximum Gasteiger partial charge on any atom is 0.0312 e. The van der Waals surface area contributed by atoms with Gasteiger partial charge in [-0.15, -0.1) is 0 Å². The van der Waals surface area contributed by atoms with E-state index in [1.54, 1.807) is 0 Å². The van der Waals surface area contributed by atoms with E-state index in [-0.39, 0.29) is 0 Å². The van der Waals surface area contributed by atoms with E-state index in [9.17, 15) is 0 Å². The summed E-state index contributed by atoms with van der Waals surface area (Å²) < 4.78 is 0. The van der Waals surface area contributed by atoms with Crippen molar-refractivity contribution in [3.8, 4) is 0 Å². The Morgan fingerprint density at radius 1 is 1.31 bits per heavy atom. The van der Waals surface area contributed by atoms with Crippen molar-refractivity contribution >= 4 is 0 Å². The molecular formula is C14H22N2. The normalized spacial score (nSPS) is 25.9. The largest absolute Gasteiger partial charge is 0.299 e. The minimum atomic E-state index is 0.774. The molecule has 0 aliphatic heterocycles. The number of aromatic nitrogens is 1. The molecule has 1 saturated carbocycles. The zero-order valence-corrected chi connectivity index (χ0v) is 10.4. The number of rotatable bonds is 3. The van der Waals surface area contributed by atoms with Gasteiger partial charge in [-0.2, -0.15) is 0 Å². The molecule has 1 aromatic heterocycles. The van der Waals surface area contributed by atoms with Crippen LogP contribution in [0.25, 0.3) is 0 Å². The third-order valence-electron chi connectivity index (χ3n) is 3.76. The molecule has 0 saturated heterocycles. The summed E-state index contributed by atoms with van der Waals surface area (Å²) in [5.74, 6) is 0.933. The van der Waals surface area contributed by atoms with Crippen LogP contribution in [0.1, 0.15) is 38.2 Å². The van der Waals surface area contributed by atoms with E-state index in [4.69, 9.17) is 0 Å². The maximum absolute atomic E-state index is 4.17. The lowest BCUT2D eigenvalue weighted by Gasteiger charge is -2.33. The molecule has 16 heavy (non-hydrogen) atoms. The van der Waals surface area contributed by atoms with Crippen LogP contribution in [0.3, 0.4) is 0 Å². The zero-order valence-electron chi connectivity index (χ0n) is 10.4. The minimum Gasteiger partial charge on any atom is -0.299 e. The van der Waals surface area contributed by atoms with Gasteiger partial charge in [0.05, 0.1) is 0 Å². The fraction of sp³-hybridized carbons (Fsp3) is 0.643. The van der Waals surface area contributed by atoms with Gasteiger partial charge in [0.1, 0.15) is 0 Å². The second-order valence-electron chi connectivity index (χ2n) is 5.19. The fourth-order valence-corrected chi connectivity index (χ4v) is 2.59. The average Bonchev–Trinajstić information content (AvgIpc) is 2.31. The van der Waals surface area contributed by atoms with Crippen LogP contribution in [0.15, 0.2) is 24.5 Å². The Morgan fingerprint density at radius 3 is 2.69 bits per heavy atom. The summed E-state index contributed by atoms with van der Waals surface area (Å²) in [6, 6.07) is 4.96. The Kier molecular flexibility index (Phi) is 3.94. The Bertz CT molecular complexity index is 302. The molecule has 2 heteroatoms. The Balaban J connectivity index is 1.86. The Labute approximate surface area is 98.7 Å². The van der Waals surface area contributed by atoms with Crippen molar-refractivity contribution in [2.75, 3.05) is 7.05 Å². The zero-order chi connectivity index (χ0) is 11.4. The van der Waals surface area contributed by atoms with Gasteiger partial charge in [-0.25, -0.2) is 0 Å². The summed E-state index contributed by atoms with van der Waals surface area (Å²) in [6.45, 7) is 3.41. The molecule has 0 bridgehead atoms. The maximum atomic E-state index is 4.17. The van der Waals surface area contributed by atoms with Gasteiger partial charge in [0.25, 0.3) is 0 Å². The summed E-state index contributed by atoms with van der Waals surface area (Å²) in [7, 11) is 2.24. The van der Waals surface area contributed by atoms with E-state index in [1.165, 1.54) is 31.2 Å². The van der Waals surface area contributed by atoms with Crippen molar-refractivity contribution in [3.05, 3.63) is 30.1 Å². The molecule has 0 radical (unpaired) electrons. The van der Waals surface area contributed by atoms with Crippen LogP contribution < -0.4 is 0 Å². The van der Waals surface area contributed by atoms with Crippen molar-refractivity contribution < 1.29 is 0 Å². The van der Waals surface area contributed by atoms with Gasteiger partial charge in [-0.1, -0.05) is 13.0 Å². The molecule has 0 N–H and O–H groups in total. The molecule has 0 atom stereocenters. The highest BCUT2D eigenvalue weighted by molar-refractivity contribution is 5.08. The van der Waals surface area contributed by atoms with Gasteiger partial charge in [0.2, 0.25) is 0 Å². The first-order valence-electron chi connectivity index (χ1n) is 6.35. The summed E-state index contributed by atoms with van der Waals surface area (Å²) in [4.78, 5) is 6.66. The van der Waals surface area contributed by atoms with E-state index < -0.39 is 0 Å². The van der Waals surface area contributed by atoms with Crippen molar-refractivity contribution in [1.82, 2.24) is 9.88 Å². The van der Waals surface area contributed by atoms with Crippen molar-refractivity contribution in [2.45, 2.75) is 45.2 Å². The lowest BCUT2D eigenvalue weighted by molar-refractivity contribution is 0.164. The lowest BCUT2D eigenvalue weighted by Crippen LogP contribution is -2.34. The predicted molar refractivity (Wildman–Crippen MR) is 67.1 cm³/mol. The molecule has 2 nitrogen and oxygen atoms in total. The lowest BCUT2D eigenvalue weighted by atomic mass is 9.86. The highest BCUT2D eigenvalue weighted by atomic mass is 15.1. The van der Waals surface area contributed by atoms with Crippen LogP contribution in [0.5, 0.6) is 0 Å². The molecule has 1 aliphatic rings. The van der Waals surface area contributed by atoms with Crippen molar-refractivity contribution in [1.29, 1.82) is 0 Å². The third-order valence-corrected chi connectivity index (χ3v) is 3.76. The highest BCUT2D eigenvalue weighted by Crippen LogP contribution is 2.27. The molecular weight excluding hydrogens is 196 g/mol. The first kappa shape index (κ1) is 11.6. The van der Waals surface area contributed by atoms with Crippen LogP contribution in [0.4, 0.5) is 0 Å². The predicted octanol–water partition coefficient (Wildman–Crippen LogP) is 3.09. The topological polar surface area (TPSA) is 16.1 Å². The van der Waals surface area contributed by atoms with Gasteiger partial charge in [0, 0.05) is 25.0 Å². The van der Waals surface area contributed by atoms with Crippen LogP contribution in [0.2, 0.25) is 0 Å². The summed E-state index contributed by atoms with van der Waals surface area (Å²) in [6.07, 6.45) is 9.31. The van der Waals surface area contributed by atoms with E-state index in [2.05, 4.69) is 29.9 Å². The van der Waals surface area contributed by atoms with Crippen LogP contribution >= 0.6 is 0 Å². The number of hydrogen-bond acceptors (Lipinski definition) is 2. The van der Waals surface area contributed by atoms with Gasteiger partial charge >= 0.3 is 0 Å². The SMILES string of the molecule is CN(Cc1cccnc1)[C@H]1CC[C@@H](C)CC1. The molecule has 1 aliphatic carbocycles. The smallest absolute Gasteiger partial charge is 0.0312 e. The third kappa shape index (κ3) is 3.05. The summed E-state index contributed by atoms with van der Waals surface area (Å²) >= 11 is 0. The molecule has 1 fully saturated rings. The average molecular weight is 218 g/mol. The first-order valence-corrected chi connectivity index (χ1v) is 6.35.